The van der Waals surface area contributed by atoms with Crippen molar-refractivity contribution in [3.05, 3.63) is 176 Å². The molecule has 3 aromatic heterocycles. The zero-order valence-corrected chi connectivity index (χ0v) is 37.6. The second-order valence-corrected chi connectivity index (χ2v) is 15.3. The summed E-state index contributed by atoms with van der Waals surface area (Å²) in [5.41, 5.74) is 9.61. The minimum absolute atomic E-state index is 0. The van der Waals surface area contributed by atoms with Gasteiger partial charge in [-0.2, -0.15) is 19.6 Å². The van der Waals surface area contributed by atoms with Gasteiger partial charge in [-0.05, 0) is 56.7 Å². The van der Waals surface area contributed by atoms with Gasteiger partial charge in [-0.3, -0.25) is 0 Å². The molecule has 4 aromatic carbocycles. The van der Waals surface area contributed by atoms with Crippen molar-refractivity contribution in [1.82, 2.24) is 24.5 Å². The van der Waals surface area contributed by atoms with Crippen LogP contribution in [0.5, 0.6) is 0 Å². The summed E-state index contributed by atoms with van der Waals surface area (Å²) < 4.78 is 2.16. The van der Waals surface area contributed by atoms with Crippen molar-refractivity contribution in [2.45, 2.75) is 46.4 Å². The van der Waals surface area contributed by atoms with Crippen LogP contribution in [-0.4, -0.2) is 37.6 Å². The Morgan fingerprint density at radius 2 is 1.03 bits per heavy atom. The van der Waals surface area contributed by atoms with E-state index in [4.69, 9.17) is 70.5 Å². The summed E-state index contributed by atoms with van der Waals surface area (Å²) in [4.78, 5) is 27.3. The van der Waals surface area contributed by atoms with Gasteiger partial charge in [0.1, 0.15) is 11.3 Å². The maximum absolute atomic E-state index is 5.00. The van der Waals surface area contributed by atoms with Crippen molar-refractivity contribution >= 4 is 101 Å². The zero-order valence-electron chi connectivity index (χ0n) is 33.4. The minimum atomic E-state index is 0. The minimum Gasteiger partial charge on any atom is -0.781 e. The predicted molar refractivity (Wildman–Crippen MR) is 256 cm³/mol. The van der Waals surface area contributed by atoms with E-state index in [0.717, 1.165) is 81.5 Å². The number of hydrogen-bond donors (Lipinski definition) is 0. The Bertz CT molecular complexity index is 2580. The Hall–Kier alpha value is -5.49. The van der Waals surface area contributed by atoms with Gasteiger partial charge in [0, 0.05) is 47.4 Å². The molecule has 308 valence electrons. The average molecular weight is 905 g/mol. The first-order valence-electron chi connectivity index (χ1n) is 18.9. The van der Waals surface area contributed by atoms with E-state index in [1.807, 2.05) is 123 Å². The fraction of sp³-hybridized carbons (Fsp3) is 0.125. The first-order chi connectivity index (χ1) is 28.6. The molecular formula is C48H43N7NiS4-4. The molecule has 0 spiro atoms. The van der Waals surface area contributed by atoms with E-state index in [2.05, 4.69) is 58.9 Å². The summed E-state index contributed by atoms with van der Waals surface area (Å²) in [6.07, 6.45) is 14.5. The summed E-state index contributed by atoms with van der Waals surface area (Å²) in [6.45, 7) is 21.8. The quantitative estimate of drug-likeness (QED) is 0.0753. The van der Waals surface area contributed by atoms with E-state index in [9.17, 15) is 0 Å². The van der Waals surface area contributed by atoms with Gasteiger partial charge in [-0.1, -0.05) is 102 Å². The van der Waals surface area contributed by atoms with Crippen molar-refractivity contribution in [3.8, 4) is 0 Å². The van der Waals surface area contributed by atoms with Crippen LogP contribution < -0.4 is 9.80 Å². The molecule has 1 aliphatic heterocycles. The van der Waals surface area contributed by atoms with Gasteiger partial charge in [0.05, 0.1) is 22.1 Å². The second kappa shape index (κ2) is 21.2. The van der Waals surface area contributed by atoms with Gasteiger partial charge in [-0.15, -0.1) is 26.3 Å². The van der Waals surface area contributed by atoms with E-state index in [-0.39, 0.29) is 16.5 Å². The van der Waals surface area contributed by atoms with Crippen LogP contribution in [0, 0.1) is 13.8 Å². The van der Waals surface area contributed by atoms with Gasteiger partial charge < -0.3 is 64.9 Å². The van der Waals surface area contributed by atoms with Crippen molar-refractivity contribution in [3.63, 3.8) is 0 Å². The first kappa shape index (κ1) is 45.6. The van der Waals surface area contributed by atoms with Crippen LogP contribution >= 0.6 is 0 Å². The summed E-state index contributed by atoms with van der Waals surface area (Å²) >= 11 is 19.7. The molecule has 0 fully saturated rings. The molecule has 0 atom stereocenters. The summed E-state index contributed by atoms with van der Waals surface area (Å²) in [5, 5.41) is 0. The number of anilines is 2. The average Bonchev–Trinajstić information content (AvgIpc) is 3.66. The number of allylic oxidation sites excluding steroid dienone is 4. The molecule has 7 aromatic rings. The molecule has 0 amide bonds. The standard InChI is InChI=1S/C34H31N7.2C7H8S2.Ni/c1-5-14-24-29(39(21-6-2)32-31(24)35-25-15-9-10-16-26(25)36-32)19-13-20-30-40(22-7-3)33-34(41(30)23-8-4)38-28-18-12-11-17-27(28)37-33;2*1-5-2-3-6(8)7(9)4-5;/h5-13,15-20H,1-4,14,21-23H2;2*2-4,8-9H,1H3;/p-4. The number of aryl methyl sites for hydroxylation is 2. The molecule has 7 nitrogen and oxygen atoms in total. The molecule has 0 saturated carbocycles. The van der Waals surface area contributed by atoms with Crippen molar-refractivity contribution in [2.75, 3.05) is 22.9 Å². The number of rotatable bonds is 10. The van der Waals surface area contributed by atoms with Crippen LogP contribution in [0.15, 0.2) is 173 Å². The number of nitrogens with zero attached hydrogens (tertiary/aromatic N) is 7. The van der Waals surface area contributed by atoms with Crippen LogP contribution in [0.4, 0.5) is 11.6 Å². The third kappa shape index (κ3) is 10.3. The Morgan fingerprint density at radius 3 is 1.47 bits per heavy atom. The van der Waals surface area contributed by atoms with Crippen LogP contribution in [0.25, 0.3) is 39.3 Å². The van der Waals surface area contributed by atoms with Gasteiger partial charge in [0.25, 0.3) is 0 Å². The van der Waals surface area contributed by atoms with Gasteiger partial charge in [0.15, 0.2) is 17.3 Å². The van der Waals surface area contributed by atoms with Crippen LogP contribution in [0.1, 0.15) is 22.4 Å². The van der Waals surface area contributed by atoms with Gasteiger partial charge in [0.2, 0.25) is 0 Å². The molecule has 0 aliphatic carbocycles. The fourth-order valence-corrected chi connectivity index (χ4v) is 7.35. The number of aromatic nitrogens is 5. The Morgan fingerprint density at radius 1 is 0.567 bits per heavy atom. The molecule has 8 rings (SSSR count). The monoisotopic (exact) mass is 903 g/mol. The van der Waals surface area contributed by atoms with Crippen molar-refractivity contribution in [1.29, 1.82) is 0 Å². The molecule has 0 bridgehead atoms. The molecule has 1 aliphatic rings. The van der Waals surface area contributed by atoms with E-state index < -0.39 is 0 Å². The number of hydrogen-bond acceptors (Lipinski definition) is 10. The van der Waals surface area contributed by atoms with E-state index in [1.54, 1.807) is 0 Å². The maximum Gasteiger partial charge on any atom is 0.178 e. The largest absolute Gasteiger partial charge is 0.781 e. The van der Waals surface area contributed by atoms with Gasteiger partial charge >= 0.3 is 0 Å². The molecular weight excluding hydrogens is 862 g/mol. The molecule has 12 heteroatoms. The summed E-state index contributed by atoms with van der Waals surface area (Å²) in [7, 11) is 0. The molecule has 0 unspecified atom stereocenters. The second-order valence-electron chi connectivity index (χ2n) is 13.6. The molecule has 0 radical (unpaired) electrons. The third-order valence-corrected chi connectivity index (χ3v) is 10.9. The van der Waals surface area contributed by atoms with Crippen LogP contribution in [0.3, 0.4) is 0 Å². The summed E-state index contributed by atoms with van der Waals surface area (Å²) in [5.74, 6) is 2.56. The molecule has 4 heterocycles. The Balaban J connectivity index is 0.000000296. The number of fused-ring (bicyclic) bond motifs is 4. The molecule has 60 heavy (non-hydrogen) atoms. The fourth-order valence-electron chi connectivity index (χ4n) is 6.59. The number of para-hydroxylation sites is 4. The normalized spacial score (nSPS) is 11.7. The predicted octanol–water partition coefficient (Wildman–Crippen LogP) is 10.6. The smallest absolute Gasteiger partial charge is 0.178 e. The summed E-state index contributed by atoms with van der Waals surface area (Å²) in [6, 6.07) is 27.4. The van der Waals surface area contributed by atoms with Crippen LogP contribution in [-0.2, 0) is 80.0 Å². The van der Waals surface area contributed by atoms with Crippen molar-refractivity contribution < 1.29 is 16.5 Å². The van der Waals surface area contributed by atoms with E-state index in [0.29, 0.717) is 26.1 Å². The van der Waals surface area contributed by atoms with Crippen molar-refractivity contribution in [2.24, 2.45) is 0 Å². The first-order valence-corrected chi connectivity index (χ1v) is 20.5. The van der Waals surface area contributed by atoms with E-state index >= 15 is 0 Å². The molecule has 0 N–H and O–H groups in total. The Labute approximate surface area is 385 Å². The van der Waals surface area contributed by atoms with Crippen LogP contribution in [0.2, 0.25) is 0 Å². The van der Waals surface area contributed by atoms with Gasteiger partial charge in [-0.25, -0.2) is 19.9 Å². The molecule has 0 saturated heterocycles. The topological polar surface area (TPSA) is 63.0 Å². The third-order valence-electron chi connectivity index (χ3n) is 9.27. The Kier molecular flexibility index (Phi) is 16.1. The number of benzene rings is 4. The SMILES string of the molecule is C=CCc1c(C=CC=C2N(CC=C)c3nc4ccccc4nc3N2CC=C)n(CC=C)c2nc3ccccc3nc12.Cc1ccc([S-])c([S-])c1.Cc1ccc([S-])c([S-])c1.[Ni]. The zero-order chi connectivity index (χ0) is 42.1. The maximum atomic E-state index is 5.00. The van der Waals surface area contributed by atoms with E-state index in [1.165, 1.54) is 11.1 Å².